The van der Waals surface area contributed by atoms with Crippen LogP contribution >= 0.6 is 0 Å². The molecule has 0 spiro atoms. The molecule has 1 aromatic rings. The van der Waals surface area contributed by atoms with Crippen LogP contribution < -0.4 is 10.6 Å². The normalized spacial score (nSPS) is 17.0. The second kappa shape index (κ2) is 6.22. The molecule has 0 radical (unpaired) electrons. The van der Waals surface area contributed by atoms with E-state index >= 15 is 0 Å². The molecule has 1 aromatic carbocycles. The highest BCUT2D eigenvalue weighted by Crippen LogP contribution is 2.29. The van der Waals surface area contributed by atoms with Crippen molar-refractivity contribution in [3.8, 4) is 0 Å². The van der Waals surface area contributed by atoms with Crippen molar-refractivity contribution in [2.45, 2.75) is 38.8 Å². The summed E-state index contributed by atoms with van der Waals surface area (Å²) >= 11 is 0. The summed E-state index contributed by atoms with van der Waals surface area (Å²) < 4.78 is 13.4. The Kier molecular flexibility index (Phi) is 4.57. The van der Waals surface area contributed by atoms with Gasteiger partial charge in [-0.3, -0.25) is 9.59 Å². The number of benzene rings is 1. The minimum atomic E-state index is -1.05. The molecule has 5 nitrogen and oxygen atoms in total. The standard InChI is InChI=1S/C15H19FN2O3/c1-8-3-6-11(7-12(8)16)17-15(21)13(9(2)19)18-14(20)10-4-5-10/h3,6-7,9-10,13,19H,4-5H2,1-2H3,(H,17,21)(H,18,20). The van der Waals surface area contributed by atoms with Gasteiger partial charge in [-0.05, 0) is 44.4 Å². The number of aliphatic hydroxyl groups excluding tert-OH is 1. The van der Waals surface area contributed by atoms with E-state index < -0.39 is 23.9 Å². The summed E-state index contributed by atoms with van der Waals surface area (Å²) in [4.78, 5) is 23.8. The number of carbonyl (C=O) groups is 2. The molecule has 2 amide bonds. The van der Waals surface area contributed by atoms with E-state index in [1.807, 2.05) is 0 Å². The van der Waals surface area contributed by atoms with E-state index in [9.17, 15) is 19.1 Å². The number of hydrogen-bond donors (Lipinski definition) is 3. The monoisotopic (exact) mass is 294 g/mol. The van der Waals surface area contributed by atoms with Gasteiger partial charge in [0, 0.05) is 11.6 Å². The summed E-state index contributed by atoms with van der Waals surface area (Å²) in [6.45, 7) is 3.04. The molecular weight excluding hydrogens is 275 g/mol. The van der Waals surface area contributed by atoms with Gasteiger partial charge in [0.05, 0.1) is 6.10 Å². The Morgan fingerprint density at radius 3 is 2.57 bits per heavy atom. The maximum Gasteiger partial charge on any atom is 0.249 e. The Morgan fingerprint density at radius 1 is 1.38 bits per heavy atom. The van der Waals surface area contributed by atoms with E-state index in [0.29, 0.717) is 5.56 Å². The molecular formula is C15H19FN2O3. The molecule has 0 heterocycles. The van der Waals surface area contributed by atoms with E-state index in [-0.39, 0.29) is 17.5 Å². The van der Waals surface area contributed by atoms with Crippen LogP contribution in [0.4, 0.5) is 10.1 Å². The first-order valence-electron chi connectivity index (χ1n) is 6.94. The summed E-state index contributed by atoms with van der Waals surface area (Å²) in [6, 6.07) is 3.26. The minimum Gasteiger partial charge on any atom is -0.391 e. The zero-order chi connectivity index (χ0) is 15.6. The van der Waals surface area contributed by atoms with Crippen LogP contribution in [0.2, 0.25) is 0 Å². The van der Waals surface area contributed by atoms with Gasteiger partial charge in [-0.1, -0.05) is 6.07 Å². The predicted molar refractivity (Wildman–Crippen MR) is 76.1 cm³/mol. The lowest BCUT2D eigenvalue weighted by Crippen LogP contribution is -2.50. The molecule has 2 unspecified atom stereocenters. The molecule has 0 aromatic heterocycles. The van der Waals surface area contributed by atoms with Crippen LogP contribution in [0.15, 0.2) is 18.2 Å². The highest BCUT2D eigenvalue weighted by atomic mass is 19.1. The molecule has 21 heavy (non-hydrogen) atoms. The fourth-order valence-electron chi connectivity index (χ4n) is 1.91. The largest absolute Gasteiger partial charge is 0.391 e. The summed E-state index contributed by atoms with van der Waals surface area (Å²) in [7, 11) is 0. The van der Waals surface area contributed by atoms with Gasteiger partial charge in [-0.2, -0.15) is 0 Å². The van der Waals surface area contributed by atoms with Crippen LogP contribution in [0, 0.1) is 18.7 Å². The lowest BCUT2D eigenvalue weighted by atomic mass is 10.1. The van der Waals surface area contributed by atoms with Crippen molar-refractivity contribution in [2.75, 3.05) is 5.32 Å². The van der Waals surface area contributed by atoms with Crippen molar-refractivity contribution in [1.29, 1.82) is 0 Å². The molecule has 6 heteroatoms. The molecule has 1 aliphatic carbocycles. The fourth-order valence-corrected chi connectivity index (χ4v) is 1.91. The van der Waals surface area contributed by atoms with Crippen molar-refractivity contribution in [3.05, 3.63) is 29.6 Å². The molecule has 114 valence electrons. The van der Waals surface area contributed by atoms with Crippen molar-refractivity contribution in [3.63, 3.8) is 0 Å². The van der Waals surface area contributed by atoms with Crippen molar-refractivity contribution in [1.82, 2.24) is 5.32 Å². The van der Waals surface area contributed by atoms with Crippen molar-refractivity contribution in [2.24, 2.45) is 5.92 Å². The molecule has 0 bridgehead atoms. The van der Waals surface area contributed by atoms with Crippen LogP contribution in [0.1, 0.15) is 25.3 Å². The summed E-state index contributed by atoms with van der Waals surface area (Å²) in [5, 5.41) is 14.7. The van der Waals surface area contributed by atoms with E-state index in [4.69, 9.17) is 0 Å². The highest BCUT2D eigenvalue weighted by molar-refractivity contribution is 5.98. The second-order valence-corrected chi connectivity index (χ2v) is 5.45. The maximum absolute atomic E-state index is 13.4. The van der Waals surface area contributed by atoms with E-state index in [2.05, 4.69) is 10.6 Å². The average Bonchev–Trinajstić information content (AvgIpc) is 3.23. The molecule has 3 N–H and O–H groups in total. The Morgan fingerprint density at radius 2 is 2.05 bits per heavy atom. The molecule has 2 rings (SSSR count). The third-order valence-electron chi connectivity index (χ3n) is 3.45. The van der Waals surface area contributed by atoms with Crippen molar-refractivity contribution >= 4 is 17.5 Å². The van der Waals surface area contributed by atoms with Crippen LogP contribution in [0.3, 0.4) is 0 Å². The number of nitrogens with one attached hydrogen (secondary N) is 2. The Hall–Kier alpha value is -1.95. The average molecular weight is 294 g/mol. The Balaban J connectivity index is 2.03. The predicted octanol–water partition coefficient (Wildman–Crippen LogP) is 1.35. The lowest BCUT2D eigenvalue weighted by Gasteiger charge is -2.21. The highest BCUT2D eigenvalue weighted by Gasteiger charge is 2.34. The number of halogens is 1. The van der Waals surface area contributed by atoms with Gasteiger partial charge in [-0.25, -0.2) is 4.39 Å². The number of rotatable bonds is 5. The first kappa shape index (κ1) is 15.4. The zero-order valence-corrected chi connectivity index (χ0v) is 12.0. The maximum atomic E-state index is 13.4. The minimum absolute atomic E-state index is 0.0594. The SMILES string of the molecule is Cc1ccc(NC(=O)C(NC(=O)C2CC2)C(C)O)cc1F. The molecule has 1 saturated carbocycles. The van der Waals surface area contributed by atoms with Crippen LogP contribution in [-0.2, 0) is 9.59 Å². The Labute approximate surface area is 122 Å². The van der Waals surface area contributed by atoms with Gasteiger partial charge in [0.1, 0.15) is 11.9 Å². The fraction of sp³-hybridized carbons (Fsp3) is 0.467. The topological polar surface area (TPSA) is 78.4 Å². The van der Waals surface area contributed by atoms with Gasteiger partial charge < -0.3 is 15.7 Å². The zero-order valence-electron chi connectivity index (χ0n) is 12.0. The Bertz CT molecular complexity index is 556. The number of aryl methyl sites for hydroxylation is 1. The van der Waals surface area contributed by atoms with E-state index in [0.717, 1.165) is 12.8 Å². The summed E-state index contributed by atoms with van der Waals surface area (Å²) in [6.07, 6.45) is 0.578. The third kappa shape index (κ3) is 4.01. The van der Waals surface area contributed by atoms with Gasteiger partial charge >= 0.3 is 0 Å². The van der Waals surface area contributed by atoms with Gasteiger partial charge in [0.15, 0.2) is 0 Å². The number of aliphatic hydroxyl groups is 1. The number of anilines is 1. The quantitative estimate of drug-likeness (QED) is 0.767. The first-order valence-corrected chi connectivity index (χ1v) is 6.94. The van der Waals surface area contributed by atoms with E-state index in [1.54, 1.807) is 19.1 Å². The first-order chi connectivity index (χ1) is 9.88. The smallest absolute Gasteiger partial charge is 0.249 e. The molecule has 0 aliphatic heterocycles. The summed E-state index contributed by atoms with van der Waals surface area (Å²) in [5.41, 5.74) is 0.761. The second-order valence-electron chi connectivity index (χ2n) is 5.45. The van der Waals surface area contributed by atoms with Crippen LogP contribution in [0.25, 0.3) is 0 Å². The molecule has 2 atom stereocenters. The van der Waals surface area contributed by atoms with Gasteiger partial charge in [0.25, 0.3) is 0 Å². The van der Waals surface area contributed by atoms with Crippen LogP contribution in [0.5, 0.6) is 0 Å². The third-order valence-corrected chi connectivity index (χ3v) is 3.45. The van der Waals surface area contributed by atoms with Gasteiger partial charge in [-0.15, -0.1) is 0 Å². The molecule has 0 saturated heterocycles. The van der Waals surface area contributed by atoms with Gasteiger partial charge in [0.2, 0.25) is 11.8 Å². The molecule has 1 fully saturated rings. The lowest BCUT2D eigenvalue weighted by molar-refractivity contribution is -0.129. The van der Waals surface area contributed by atoms with Crippen LogP contribution in [-0.4, -0.2) is 29.1 Å². The summed E-state index contributed by atoms with van der Waals surface area (Å²) in [5.74, 6) is -1.28. The number of carbonyl (C=O) groups excluding carboxylic acids is 2. The van der Waals surface area contributed by atoms with Crippen molar-refractivity contribution < 1.29 is 19.1 Å². The number of amides is 2. The number of hydrogen-bond acceptors (Lipinski definition) is 3. The molecule has 1 aliphatic rings. The van der Waals surface area contributed by atoms with E-state index in [1.165, 1.54) is 13.0 Å².